The first-order valence-corrected chi connectivity index (χ1v) is 7.07. The lowest BCUT2D eigenvalue weighted by molar-refractivity contribution is 0.625. The second kappa shape index (κ2) is 6.31. The van der Waals surface area contributed by atoms with Crippen LogP contribution in [0.25, 0.3) is 11.3 Å². The molecule has 0 aliphatic heterocycles. The van der Waals surface area contributed by atoms with E-state index in [1.165, 1.54) is 11.6 Å². The lowest BCUT2D eigenvalue weighted by Crippen LogP contribution is -1.96. The molecule has 0 radical (unpaired) electrons. The molecule has 1 heterocycles. The van der Waals surface area contributed by atoms with Gasteiger partial charge in [0.15, 0.2) is 0 Å². The van der Waals surface area contributed by atoms with Crippen LogP contribution in [-0.4, -0.2) is 4.98 Å². The maximum atomic E-state index is 13.6. The van der Waals surface area contributed by atoms with E-state index in [1.807, 2.05) is 42.5 Å². The molecule has 3 rings (SSSR count). The summed E-state index contributed by atoms with van der Waals surface area (Å²) >= 11 is 0. The third-order valence-corrected chi connectivity index (χ3v) is 3.53. The average Bonchev–Trinajstić information content (AvgIpc) is 2.55. The van der Waals surface area contributed by atoms with Crippen molar-refractivity contribution in [2.24, 2.45) is 0 Å². The number of hydrogen-bond donors (Lipinski definition) is 0. The Bertz CT molecular complexity index is 708. The summed E-state index contributed by atoms with van der Waals surface area (Å²) in [6.07, 6.45) is 3.46. The van der Waals surface area contributed by atoms with Crippen LogP contribution in [0, 0.1) is 5.82 Å². The summed E-state index contributed by atoms with van der Waals surface area (Å²) in [4.78, 5) is 4.37. The summed E-state index contributed by atoms with van der Waals surface area (Å²) in [5.41, 5.74) is 4.15. The van der Waals surface area contributed by atoms with Crippen molar-refractivity contribution in [1.82, 2.24) is 4.98 Å². The number of rotatable bonds is 4. The van der Waals surface area contributed by atoms with Crippen molar-refractivity contribution in [3.63, 3.8) is 0 Å². The van der Waals surface area contributed by atoms with Crippen LogP contribution in [0.15, 0.2) is 72.9 Å². The molecule has 3 aromatic rings. The molecule has 1 nitrogen and oxygen atoms in total. The van der Waals surface area contributed by atoms with E-state index in [2.05, 4.69) is 17.1 Å². The fourth-order valence-electron chi connectivity index (χ4n) is 2.46. The summed E-state index contributed by atoms with van der Waals surface area (Å²) in [5, 5.41) is 0. The van der Waals surface area contributed by atoms with E-state index in [0.29, 0.717) is 0 Å². The summed E-state index contributed by atoms with van der Waals surface area (Å²) in [5.74, 6) is -0.197. The summed E-state index contributed by atoms with van der Waals surface area (Å²) in [7, 11) is 0. The molecular formula is C19H16FN. The van der Waals surface area contributed by atoms with Crippen LogP contribution in [-0.2, 0) is 12.8 Å². The minimum Gasteiger partial charge on any atom is -0.256 e. The molecule has 21 heavy (non-hydrogen) atoms. The van der Waals surface area contributed by atoms with Crippen molar-refractivity contribution in [1.29, 1.82) is 0 Å². The van der Waals surface area contributed by atoms with Crippen molar-refractivity contribution in [3.05, 3.63) is 89.9 Å². The number of benzene rings is 2. The van der Waals surface area contributed by atoms with Gasteiger partial charge < -0.3 is 0 Å². The number of aromatic nitrogens is 1. The van der Waals surface area contributed by atoms with E-state index < -0.39 is 0 Å². The first kappa shape index (κ1) is 13.5. The molecular weight excluding hydrogens is 261 g/mol. The SMILES string of the molecule is Fc1ccc(-c2ccccn2)c(CCc2ccccc2)c1. The highest BCUT2D eigenvalue weighted by molar-refractivity contribution is 5.63. The predicted octanol–water partition coefficient (Wildman–Crippen LogP) is 4.67. The van der Waals surface area contributed by atoms with Gasteiger partial charge in [0.2, 0.25) is 0 Å². The first-order chi connectivity index (χ1) is 10.3. The van der Waals surface area contributed by atoms with Crippen LogP contribution in [0.2, 0.25) is 0 Å². The van der Waals surface area contributed by atoms with Crippen LogP contribution >= 0.6 is 0 Å². The third kappa shape index (κ3) is 3.34. The molecule has 0 fully saturated rings. The number of hydrogen-bond acceptors (Lipinski definition) is 1. The second-order valence-corrected chi connectivity index (χ2v) is 5.00. The number of nitrogens with zero attached hydrogens (tertiary/aromatic N) is 1. The Kier molecular flexibility index (Phi) is 4.06. The zero-order chi connectivity index (χ0) is 14.5. The van der Waals surface area contributed by atoms with Crippen molar-refractivity contribution >= 4 is 0 Å². The van der Waals surface area contributed by atoms with Crippen LogP contribution in [0.3, 0.4) is 0 Å². The third-order valence-electron chi connectivity index (χ3n) is 3.53. The Balaban J connectivity index is 1.89. The largest absolute Gasteiger partial charge is 0.256 e. The van der Waals surface area contributed by atoms with E-state index in [1.54, 1.807) is 12.3 Å². The highest BCUT2D eigenvalue weighted by Crippen LogP contribution is 2.24. The Labute approximate surface area is 124 Å². The van der Waals surface area contributed by atoms with Crippen molar-refractivity contribution < 1.29 is 4.39 Å². The molecule has 0 spiro atoms. The van der Waals surface area contributed by atoms with Gasteiger partial charge in [0.05, 0.1) is 5.69 Å². The molecule has 0 saturated heterocycles. The predicted molar refractivity (Wildman–Crippen MR) is 83.5 cm³/mol. The fourth-order valence-corrected chi connectivity index (χ4v) is 2.46. The summed E-state index contributed by atoms with van der Waals surface area (Å²) < 4.78 is 13.6. The van der Waals surface area contributed by atoms with Gasteiger partial charge in [-0.3, -0.25) is 4.98 Å². The average molecular weight is 277 g/mol. The van der Waals surface area contributed by atoms with Crippen molar-refractivity contribution in [3.8, 4) is 11.3 Å². The van der Waals surface area contributed by atoms with Crippen LogP contribution in [0.5, 0.6) is 0 Å². The van der Waals surface area contributed by atoms with Gasteiger partial charge >= 0.3 is 0 Å². The fraction of sp³-hybridized carbons (Fsp3) is 0.105. The van der Waals surface area contributed by atoms with Gasteiger partial charge in [0, 0.05) is 11.8 Å². The van der Waals surface area contributed by atoms with Crippen LogP contribution < -0.4 is 0 Å². The normalized spacial score (nSPS) is 10.5. The maximum Gasteiger partial charge on any atom is 0.123 e. The van der Waals surface area contributed by atoms with Gasteiger partial charge in [-0.1, -0.05) is 36.4 Å². The molecule has 0 unspecified atom stereocenters. The first-order valence-electron chi connectivity index (χ1n) is 7.07. The molecule has 0 saturated carbocycles. The highest BCUT2D eigenvalue weighted by atomic mass is 19.1. The van der Waals surface area contributed by atoms with Crippen molar-refractivity contribution in [2.75, 3.05) is 0 Å². The van der Waals surface area contributed by atoms with Gasteiger partial charge in [0.1, 0.15) is 5.82 Å². The molecule has 0 amide bonds. The Morgan fingerprint density at radius 1 is 0.810 bits per heavy atom. The molecule has 0 bridgehead atoms. The number of pyridine rings is 1. The zero-order valence-electron chi connectivity index (χ0n) is 11.7. The lowest BCUT2D eigenvalue weighted by atomic mass is 9.97. The molecule has 104 valence electrons. The number of aryl methyl sites for hydroxylation is 2. The molecule has 0 atom stereocenters. The Morgan fingerprint density at radius 3 is 2.38 bits per heavy atom. The van der Waals surface area contributed by atoms with Crippen molar-refractivity contribution in [2.45, 2.75) is 12.8 Å². The summed E-state index contributed by atoms with van der Waals surface area (Å²) in [6, 6.07) is 21.0. The molecule has 0 N–H and O–H groups in total. The minimum atomic E-state index is -0.197. The van der Waals surface area contributed by atoms with Gasteiger partial charge in [-0.05, 0) is 54.3 Å². The Morgan fingerprint density at radius 2 is 1.62 bits per heavy atom. The van der Waals surface area contributed by atoms with Gasteiger partial charge in [0.25, 0.3) is 0 Å². The van der Waals surface area contributed by atoms with E-state index in [0.717, 1.165) is 29.7 Å². The van der Waals surface area contributed by atoms with E-state index in [4.69, 9.17) is 0 Å². The van der Waals surface area contributed by atoms with E-state index in [9.17, 15) is 4.39 Å². The topological polar surface area (TPSA) is 12.9 Å². The smallest absolute Gasteiger partial charge is 0.123 e. The second-order valence-electron chi connectivity index (χ2n) is 5.00. The van der Waals surface area contributed by atoms with Gasteiger partial charge in [-0.25, -0.2) is 4.39 Å². The molecule has 0 aliphatic rings. The maximum absolute atomic E-state index is 13.6. The standard InChI is InChI=1S/C19H16FN/c20-17-11-12-18(19-8-4-5-13-21-19)16(14-17)10-9-15-6-2-1-3-7-15/h1-8,11-14H,9-10H2. The highest BCUT2D eigenvalue weighted by Gasteiger charge is 2.08. The van der Waals surface area contributed by atoms with Crippen LogP contribution in [0.1, 0.15) is 11.1 Å². The number of halogens is 1. The molecule has 2 heteroatoms. The summed E-state index contributed by atoms with van der Waals surface area (Å²) in [6.45, 7) is 0. The van der Waals surface area contributed by atoms with E-state index in [-0.39, 0.29) is 5.82 Å². The molecule has 1 aromatic heterocycles. The van der Waals surface area contributed by atoms with Crippen LogP contribution in [0.4, 0.5) is 4.39 Å². The molecule has 2 aromatic carbocycles. The minimum absolute atomic E-state index is 0.197. The molecule has 0 aliphatic carbocycles. The van der Waals surface area contributed by atoms with Gasteiger partial charge in [-0.15, -0.1) is 0 Å². The monoisotopic (exact) mass is 277 g/mol. The zero-order valence-corrected chi connectivity index (χ0v) is 11.7. The van der Waals surface area contributed by atoms with E-state index >= 15 is 0 Å². The quantitative estimate of drug-likeness (QED) is 0.675. The Hall–Kier alpha value is -2.48. The lowest BCUT2D eigenvalue weighted by Gasteiger charge is -2.09. The van der Waals surface area contributed by atoms with Gasteiger partial charge in [-0.2, -0.15) is 0 Å².